The van der Waals surface area contributed by atoms with E-state index in [0.717, 1.165) is 68.9 Å². The number of aliphatic imine (C=N–C) groups is 1. The van der Waals surface area contributed by atoms with Crippen LogP contribution < -0.4 is 10.2 Å². The van der Waals surface area contributed by atoms with Crippen LogP contribution in [-0.4, -0.2) is 65.0 Å². The molecule has 0 unspecified atom stereocenters. The van der Waals surface area contributed by atoms with Gasteiger partial charge in [-0.2, -0.15) is 4.37 Å². The first-order chi connectivity index (χ1) is 14.3. The Bertz CT molecular complexity index is 803. The van der Waals surface area contributed by atoms with E-state index in [1.54, 1.807) is 0 Å². The summed E-state index contributed by atoms with van der Waals surface area (Å²) in [5.41, 5.74) is 1.37. The number of hydrogen-bond acceptors (Lipinski definition) is 7. The number of thiazole rings is 1. The van der Waals surface area contributed by atoms with Gasteiger partial charge in [-0.05, 0) is 32.1 Å². The highest BCUT2D eigenvalue weighted by Crippen LogP contribution is 2.27. The van der Waals surface area contributed by atoms with E-state index < -0.39 is 0 Å². The minimum absolute atomic E-state index is 0. The Morgan fingerprint density at radius 2 is 1.93 bits per heavy atom. The van der Waals surface area contributed by atoms with Crippen molar-refractivity contribution in [3.05, 3.63) is 21.4 Å². The Kier molecular flexibility index (Phi) is 9.12. The molecule has 1 fully saturated rings. The Morgan fingerprint density at radius 3 is 2.63 bits per heavy atom. The second-order valence-electron chi connectivity index (χ2n) is 7.58. The summed E-state index contributed by atoms with van der Waals surface area (Å²) in [5, 5.41) is 5.91. The fraction of sp³-hybridized carbons (Fsp3) is 0.700. The van der Waals surface area contributed by atoms with Crippen LogP contribution in [0.5, 0.6) is 0 Å². The maximum atomic E-state index is 4.86. The average molecular weight is 562 g/mol. The summed E-state index contributed by atoms with van der Waals surface area (Å²) in [5.74, 6) is 1.96. The normalized spacial score (nSPS) is 16.9. The van der Waals surface area contributed by atoms with Gasteiger partial charge in [0.05, 0.1) is 10.7 Å². The molecule has 7 nitrogen and oxygen atoms in total. The molecule has 30 heavy (non-hydrogen) atoms. The molecule has 0 atom stereocenters. The Morgan fingerprint density at radius 1 is 1.13 bits per heavy atom. The standard InChI is InChI=1S/C20H31N7S2.HI/c1-3-17-24-20(29-25-17)27-13-11-26(12-14-27)19(21-2)22-10-6-9-18-23-15-7-4-5-8-16(15)28-18;/h3-14H2,1-2H3,(H,21,22);1H. The molecule has 4 rings (SSSR count). The third kappa shape index (κ3) is 5.82. The van der Waals surface area contributed by atoms with Crippen LogP contribution in [-0.2, 0) is 25.7 Å². The predicted octanol–water partition coefficient (Wildman–Crippen LogP) is 3.38. The van der Waals surface area contributed by atoms with Crippen molar-refractivity contribution in [3.8, 4) is 0 Å². The van der Waals surface area contributed by atoms with E-state index in [0.29, 0.717) is 0 Å². The second kappa shape index (κ2) is 11.6. The van der Waals surface area contributed by atoms with Crippen LogP contribution in [0, 0.1) is 0 Å². The van der Waals surface area contributed by atoms with Crippen molar-refractivity contribution in [1.82, 2.24) is 24.6 Å². The highest BCUT2D eigenvalue weighted by atomic mass is 127. The summed E-state index contributed by atoms with van der Waals surface area (Å²) < 4.78 is 4.41. The number of aromatic nitrogens is 3. The van der Waals surface area contributed by atoms with Gasteiger partial charge in [0.25, 0.3) is 0 Å². The quantitative estimate of drug-likeness (QED) is 0.253. The van der Waals surface area contributed by atoms with Crippen LogP contribution in [0.4, 0.5) is 5.13 Å². The average Bonchev–Trinajstić information content (AvgIpc) is 3.41. The first-order valence-electron chi connectivity index (χ1n) is 10.8. The molecule has 0 radical (unpaired) electrons. The lowest BCUT2D eigenvalue weighted by Crippen LogP contribution is -2.52. The van der Waals surface area contributed by atoms with Gasteiger partial charge in [0.2, 0.25) is 5.13 Å². The van der Waals surface area contributed by atoms with E-state index in [1.165, 1.54) is 52.8 Å². The number of nitrogens with one attached hydrogen (secondary N) is 1. The molecule has 1 N–H and O–H groups in total. The fourth-order valence-electron chi connectivity index (χ4n) is 3.91. The predicted molar refractivity (Wildman–Crippen MR) is 137 cm³/mol. The molecule has 0 amide bonds. The molecule has 0 bridgehead atoms. The van der Waals surface area contributed by atoms with Gasteiger partial charge in [-0.1, -0.05) is 6.92 Å². The van der Waals surface area contributed by atoms with Crippen LogP contribution >= 0.6 is 46.8 Å². The molecule has 0 saturated carbocycles. The van der Waals surface area contributed by atoms with Gasteiger partial charge < -0.3 is 15.1 Å². The number of halogens is 1. The number of piperazine rings is 1. The Balaban J connectivity index is 0.00000256. The van der Waals surface area contributed by atoms with Gasteiger partial charge in [0, 0.05) is 69.0 Å². The van der Waals surface area contributed by atoms with Crippen molar-refractivity contribution >= 4 is 57.9 Å². The second-order valence-corrected chi connectivity index (χ2v) is 9.48. The molecular formula is C20H32IN7S2. The van der Waals surface area contributed by atoms with Gasteiger partial charge in [0.15, 0.2) is 5.96 Å². The first kappa shape index (κ1) is 23.6. The molecule has 10 heteroatoms. The highest BCUT2D eigenvalue weighted by Gasteiger charge is 2.22. The molecule has 2 aliphatic rings. The van der Waals surface area contributed by atoms with Crippen molar-refractivity contribution < 1.29 is 0 Å². The van der Waals surface area contributed by atoms with E-state index in [-0.39, 0.29) is 24.0 Å². The van der Waals surface area contributed by atoms with Gasteiger partial charge in [-0.25, -0.2) is 9.97 Å². The molecule has 166 valence electrons. The largest absolute Gasteiger partial charge is 0.356 e. The molecule has 0 spiro atoms. The van der Waals surface area contributed by atoms with Crippen LogP contribution in [0.15, 0.2) is 4.99 Å². The third-order valence-electron chi connectivity index (χ3n) is 5.58. The summed E-state index contributed by atoms with van der Waals surface area (Å²) in [7, 11) is 1.88. The van der Waals surface area contributed by atoms with Crippen molar-refractivity contribution in [3.63, 3.8) is 0 Å². The topological polar surface area (TPSA) is 69.5 Å². The molecule has 1 aliphatic heterocycles. The zero-order valence-corrected chi connectivity index (χ0v) is 21.9. The smallest absolute Gasteiger partial charge is 0.205 e. The molecule has 1 saturated heterocycles. The van der Waals surface area contributed by atoms with Crippen molar-refractivity contribution in [2.24, 2.45) is 4.99 Å². The molecule has 2 aromatic heterocycles. The van der Waals surface area contributed by atoms with Crippen LogP contribution in [0.1, 0.15) is 47.6 Å². The van der Waals surface area contributed by atoms with Gasteiger partial charge in [-0.3, -0.25) is 4.99 Å². The minimum Gasteiger partial charge on any atom is -0.356 e. The van der Waals surface area contributed by atoms with Crippen LogP contribution in [0.2, 0.25) is 0 Å². The van der Waals surface area contributed by atoms with Gasteiger partial charge in [0.1, 0.15) is 5.82 Å². The third-order valence-corrected chi connectivity index (χ3v) is 7.61. The summed E-state index contributed by atoms with van der Waals surface area (Å²) >= 11 is 3.45. The van der Waals surface area contributed by atoms with E-state index >= 15 is 0 Å². The fourth-order valence-corrected chi connectivity index (χ4v) is 5.91. The van der Waals surface area contributed by atoms with Crippen molar-refractivity contribution in [2.75, 3.05) is 44.7 Å². The molecular weight excluding hydrogens is 529 g/mol. The van der Waals surface area contributed by atoms with Gasteiger partial charge in [-0.15, -0.1) is 35.3 Å². The minimum atomic E-state index is 0. The first-order valence-corrected chi connectivity index (χ1v) is 12.4. The summed E-state index contributed by atoms with van der Waals surface area (Å²) in [4.78, 5) is 20.2. The SMILES string of the molecule is CCc1nsc(N2CCN(C(=NC)NCCCc3nc4c(s3)CCCC4)CC2)n1.I. The number of hydrogen-bond donors (Lipinski definition) is 1. The van der Waals surface area contributed by atoms with Crippen molar-refractivity contribution in [1.29, 1.82) is 0 Å². The number of fused-ring (bicyclic) bond motifs is 1. The van der Waals surface area contributed by atoms with E-state index in [9.17, 15) is 0 Å². The lowest BCUT2D eigenvalue weighted by molar-refractivity contribution is 0.372. The molecule has 1 aliphatic carbocycles. The number of guanidine groups is 1. The molecule has 2 aromatic rings. The Hall–Kier alpha value is -1.01. The van der Waals surface area contributed by atoms with E-state index in [2.05, 4.69) is 36.4 Å². The lowest BCUT2D eigenvalue weighted by atomic mass is 10.0. The van der Waals surface area contributed by atoms with Gasteiger partial charge >= 0.3 is 0 Å². The summed E-state index contributed by atoms with van der Waals surface area (Å²) in [6.07, 6.45) is 8.11. The highest BCUT2D eigenvalue weighted by molar-refractivity contribution is 14.0. The number of anilines is 1. The summed E-state index contributed by atoms with van der Waals surface area (Å²) in [6, 6.07) is 0. The monoisotopic (exact) mass is 561 g/mol. The maximum absolute atomic E-state index is 4.86. The number of nitrogens with zero attached hydrogens (tertiary/aromatic N) is 6. The van der Waals surface area contributed by atoms with Crippen LogP contribution in [0.25, 0.3) is 0 Å². The molecule has 0 aromatic carbocycles. The lowest BCUT2D eigenvalue weighted by Gasteiger charge is -2.36. The maximum Gasteiger partial charge on any atom is 0.205 e. The van der Waals surface area contributed by atoms with E-state index in [1.807, 2.05) is 18.4 Å². The van der Waals surface area contributed by atoms with Crippen LogP contribution in [0.3, 0.4) is 0 Å². The van der Waals surface area contributed by atoms with Crippen molar-refractivity contribution in [2.45, 2.75) is 51.9 Å². The number of rotatable bonds is 6. The zero-order valence-electron chi connectivity index (χ0n) is 17.9. The summed E-state index contributed by atoms with van der Waals surface area (Å²) in [6.45, 7) is 6.88. The Labute approximate surface area is 204 Å². The number of aryl methyl sites for hydroxylation is 4. The molecule has 3 heterocycles. The zero-order chi connectivity index (χ0) is 20.1. The van der Waals surface area contributed by atoms with E-state index in [4.69, 9.17) is 4.98 Å².